The first kappa shape index (κ1) is 15.6. The van der Waals surface area contributed by atoms with E-state index in [4.69, 9.17) is 0 Å². The fourth-order valence-corrected chi connectivity index (χ4v) is 2.13. The Morgan fingerprint density at radius 1 is 1.38 bits per heavy atom. The predicted molar refractivity (Wildman–Crippen MR) is 88.3 cm³/mol. The molecule has 0 bridgehead atoms. The summed E-state index contributed by atoms with van der Waals surface area (Å²) in [5.41, 5.74) is 1.30. The smallest absolute Gasteiger partial charge is 0.262 e. The van der Waals surface area contributed by atoms with Gasteiger partial charge in [0, 0.05) is 30.4 Å². The zero-order chi connectivity index (χ0) is 17.1. The molecule has 24 heavy (non-hydrogen) atoms. The lowest BCUT2D eigenvalue weighted by molar-refractivity contribution is 0.102. The summed E-state index contributed by atoms with van der Waals surface area (Å²) in [4.78, 5) is 35.0. The van der Waals surface area contributed by atoms with Crippen molar-refractivity contribution < 1.29 is 4.79 Å². The Labute approximate surface area is 137 Å². The summed E-state index contributed by atoms with van der Waals surface area (Å²) in [5, 5.41) is 6.82. The highest BCUT2D eigenvalue weighted by atomic mass is 16.2. The van der Waals surface area contributed by atoms with Gasteiger partial charge in [-0.2, -0.15) is 0 Å². The average molecular weight is 324 g/mol. The highest BCUT2D eigenvalue weighted by molar-refractivity contribution is 6.03. The fraction of sp³-hybridized carbons (Fsp3) is 0.188. The first-order valence-corrected chi connectivity index (χ1v) is 7.45. The number of nitrogens with zero attached hydrogens (tertiary/aromatic N) is 4. The van der Waals surface area contributed by atoms with Crippen molar-refractivity contribution in [3.05, 3.63) is 64.0 Å². The number of nitrogens with one attached hydrogen (secondary N) is 2. The van der Waals surface area contributed by atoms with Gasteiger partial charge < -0.3 is 10.3 Å². The van der Waals surface area contributed by atoms with Gasteiger partial charge in [0.15, 0.2) is 5.82 Å². The van der Waals surface area contributed by atoms with Gasteiger partial charge in [-0.05, 0) is 31.0 Å². The van der Waals surface area contributed by atoms with Crippen molar-refractivity contribution in [3.8, 4) is 5.95 Å². The molecule has 1 amide bonds. The number of anilines is 1. The first-order chi connectivity index (χ1) is 11.6. The van der Waals surface area contributed by atoms with Crippen molar-refractivity contribution in [1.82, 2.24) is 24.7 Å². The molecule has 0 aliphatic heterocycles. The van der Waals surface area contributed by atoms with Gasteiger partial charge in [0.05, 0.1) is 0 Å². The summed E-state index contributed by atoms with van der Waals surface area (Å²) in [6.07, 6.45) is 5.59. The minimum atomic E-state index is -0.512. The van der Waals surface area contributed by atoms with Crippen molar-refractivity contribution in [1.29, 1.82) is 0 Å². The third kappa shape index (κ3) is 3.22. The van der Waals surface area contributed by atoms with Crippen LogP contribution < -0.4 is 10.9 Å². The summed E-state index contributed by atoms with van der Waals surface area (Å²) in [6.45, 7) is 3.79. The van der Waals surface area contributed by atoms with Gasteiger partial charge in [-0.25, -0.2) is 14.6 Å². The van der Waals surface area contributed by atoms with Gasteiger partial charge in [-0.3, -0.25) is 9.59 Å². The second kappa shape index (κ2) is 6.45. The monoisotopic (exact) mass is 324 g/mol. The number of pyridine rings is 1. The molecule has 0 unspecified atom stereocenters. The van der Waals surface area contributed by atoms with E-state index < -0.39 is 11.5 Å². The number of aromatic nitrogens is 5. The molecule has 0 spiro atoms. The van der Waals surface area contributed by atoms with Crippen LogP contribution in [0.4, 0.5) is 5.82 Å². The van der Waals surface area contributed by atoms with Crippen LogP contribution >= 0.6 is 0 Å². The quantitative estimate of drug-likeness (QED) is 0.756. The normalized spacial score (nSPS) is 10.6. The molecule has 3 aromatic heterocycles. The molecule has 0 aliphatic carbocycles. The number of rotatable bonds is 4. The van der Waals surface area contributed by atoms with Crippen LogP contribution in [0.15, 0.2) is 41.6 Å². The number of hydrogen-bond donors (Lipinski definition) is 2. The van der Waals surface area contributed by atoms with Crippen LogP contribution in [-0.4, -0.2) is 30.6 Å². The molecule has 0 atom stereocenters. The molecule has 122 valence electrons. The second-order valence-electron chi connectivity index (χ2n) is 5.20. The number of amides is 1. The molecule has 0 saturated heterocycles. The molecule has 0 aromatic carbocycles. The van der Waals surface area contributed by atoms with E-state index in [1.807, 2.05) is 13.8 Å². The number of carbonyl (C=O) groups excluding carboxylic acids is 1. The molecule has 8 nitrogen and oxygen atoms in total. The largest absolute Gasteiger partial charge is 0.328 e. The van der Waals surface area contributed by atoms with E-state index in [0.29, 0.717) is 11.8 Å². The van der Waals surface area contributed by atoms with Gasteiger partial charge in [0.1, 0.15) is 5.56 Å². The highest BCUT2D eigenvalue weighted by Gasteiger charge is 2.13. The molecule has 2 N–H and O–H groups in total. The summed E-state index contributed by atoms with van der Waals surface area (Å²) >= 11 is 0. The minimum absolute atomic E-state index is 0.0516. The molecule has 0 radical (unpaired) electrons. The van der Waals surface area contributed by atoms with Crippen LogP contribution in [-0.2, 0) is 6.42 Å². The van der Waals surface area contributed by atoms with E-state index in [1.165, 1.54) is 4.68 Å². The van der Waals surface area contributed by atoms with E-state index in [1.54, 1.807) is 36.8 Å². The van der Waals surface area contributed by atoms with E-state index in [-0.39, 0.29) is 5.56 Å². The van der Waals surface area contributed by atoms with Crippen molar-refractivity contribution >= 4 is 11.7 Å². The summed E-state index contributed by atoms with van der Waals surface area (Å²) in [7, 11) is 0. The van der Waals surface area contributed by atoms with Crippen LogP contribution in [0.5, 0.6) is 0 Å². The van der Waals surface area contributed by atoms with E-state index in [0.717, 1.165) is 17.7 Å². The maximum absolute atomic E-state index is 12.3. The third-order valence-electron chi connectivity index (χ3n) is 3.43. The van der Waals surface area contributed by atoms with Crippen molar-refractivity contribution in [2.45, 2.75) is 20.3 Å². The fourth-order valence-electron chi connectivity index (χ4n) is 2.13. The lowest BCUT2D eigenvalue weighted by Crippen LogP contribution is -2.23. The van der Waals surface area contributed by atoms with E-state index >= 15 is 0 Å². The molecule has 3 heterocycles. The second-order valence-corrected chi connectivity index (χ2v) is 5.20. The first-order valence-electron chi connectivity index (χ1n) is 7.45. The number of H-pyrrole nitrogens is 1. The summed E-state index contributed by atoms with van der Waals surface area (Å²) < 4.78 is 1.45. The molecule has 0 saturated carbocycles. The molecular weight excluding hydrogens is 308 g/mol. The number of aryl methyl sites for hydroxylation is 2. The lowest BCUT2D eigenvalue weighted by atomic mass is 10.1. The Morgan fingerprint density at radius 2 is 2.21 bits per heavy atom. The van der Waals surface area contributed by atoms with Crippen LogP contribution in [0.1, 0.15) is 28.5 Å². The SMILES string of the molecule is CCc1c[nH]c(=O)c(C(=O)Nc2ccn(-c3nccc(C)n3)n2)c1. The third-order valence-corrected chi connectivity index (χ3v) is 3.43. The van der Waals surface area contributed by atoms with Crippen molar-refractivity contribution in [2.24, 2.45) is 0 Å². The van der Waals surface area contributed by atoms with Gasteiger partial charge >= 0.3 is 0 Å². The van der Waals surface area contributed by atoms with Gasteiger partial charge in [-0.15, -0.1) is 5.10 Å². The predicted octanol–water partition coefficient (Wildman–Crippen LogP) is 1.47. The Morgan fingerprint density at radius 3 is 2.96 bits per heavy atom. The zero-order valence-electron chi connectivity index (χ0n) is 13.3. The number of carbonyl (C=O) groups is 1. The van der Waals surface area contributed by atoms with Crippen molar-refractivity contribution in [2.75, 3.05) is 5.32 Å². The Kier molecular flexibility index (Phi) is 4.19. The van der Waals surface area contributed by atoms with E-state index in [2.05, 4.69) is 25.4 Å². The van der Waals surface area contributed by atoms with Crippen molar-refractivity contribution in [3.63, 3.8) is 0 Å². The molecule has 8 heteroatoms. The molecule has 0 fully saturated rings. The topological polar surface area (TPSA) is 106 Å². The Balaban J connectivity index is 1.82. The number of aromatic amines is 1. The van der Waals surface area contributed by atoms with Crippen LogP contribution in [0.2, 0.25) is 0 Å². The average Bonchev–Trinajstić information content (AvgIpc) is 3.03. The van der Waals surface area contributed by atoms with Crippen LogP contribution in [0, 0.1) is 6.92 Å². The zero-order valence-corrected chi connectivity index (χ0v) is 13.3. The lowest BCUT2D eigenvalue weighted by Gasteiger charge is -2.03. The summed E-state index contributed by atoms with van der Waals surface area (Å²) in [5.74, 6) is 0.203. The number of hydrogen-bond acceptors (Lipinski definition) is 5. The van der Waals surface area contributed by atoms with Gasteiger partial charge in [0.25, 0.3) is 17.4 Å². The molecule has 3 rings (SSSR count). The highest BCUT2D eigenvalue weighted by Crippen LogP contribution is 2.08. The molecule has 0 aliphatic rings. The minimum Gasteiger partial charge on any atom is -0.328 e. The maximum Gasteiger partial charge on any atom is 0.262 e. The maximum atomic E-state index is 12.3. The summed E-state index contributed by atoms with van der Waals surface area (Å²) in [6, 6.07) is 4.97. The standard InChI is InChI=1S/C16H16N6O2/c1-3-11-8-12(14(23)18-9-11)15(24)20-13-5-7-22(21-13)16-17-6-4-10(2)19-16/h4-9H,3H2,1-2H3,(H,18,23)(H,20,21,24). The van der Waals surface area contributed by atoms with Gasteiger partial charge in [0.2, 0.25) is 0 Å². The van der Waals surface area contributed by atoms with E-state index in [9.17, 15) is 9.59 Å². The van der Waals surface area contributed by atoms with Crippen LogP contribution in [0.3, 0.4) is 0 Å². The Bertz CT molecular complexity index is 943. The van der Waals surface area contributed by atoms with Gasteiger partial charge in [-0.1, -0.05) is 6.92 Å². The Hall–Kier alpha value is -3.29. The molecule has 3 aromatic rings. The van der Waals surface area contributed by atoms with Crippen LogP contribution in [0.25, 0.3) is 5.95 Å². The molecular formula is C16H16N6O2.